The van der Waals surface area contributed by atoms with Crippen LogP contribution in [-0.4, -0.2) is 0 Å². The second kappa shape index (κ2) is 15.9. The molecule has 12 aromatic rings. The van der Waals surface area contributed by atoms with Gasteiger partial charge in [-0.1, -0.05) is 216 Å². The quantitative estimate of drug-likeness (QED) is 0.159. The minimum absolute atomic E-state index is 0.171. The lowest BCUT2D eigenvalue weighted by Gasteiger charge is -2.42. The van der Waals surface area contributed by atoms with E-state index < -0.39 is 0 Å². The molecular weight excluding hydrogens is 869 g/mol. The molecule has 0 amide bonds. The summed E-state index contributed by atoms with van der Waals surface area (Å²) >= 11 is 0. The van der Waals surface area contributed by atoms with Crippen molar-refractivity contribution in [2.45, 2.75) is 38.5 Å². The normalized spacial score (nSPS) is 14.3. The third kappa shape index (κ3) is 6.22. The van der Waals surface area contributed by atoms with Crippen molar-refractivity contribution >= 4 is 77.2 Å². The highest BCUT2D eigenvalue weighted by Crippen LogP contribution is 2.56. The first-order valence-corrected chi connectivity index (χ1v) is 25.3. The molecule has 2 aliphatic heterocycles. The zero-order valence-electron chi connectivity index (χ0n) is 41.0. The van der Waals surface area contributed by atoms with Gasteiger partial charge in [0.1, 0.15) is 0 Å². The average Bonchev–Trinajstić information content (AvgIpc) is 3.42. The summed E-state index contributed by atoms with van der Waals surface area (Å²) in [4.78, 5) is 5.01. The minimum Gasteiger partial charge on any atom is -0.310 e. The van der Waals surface area contributed by atoms with Gasteiger partial charge in [0.15, 0.2) is 0 Å². The Bertz CT molecular complexity index is 4080. The SMILES string of the molecule is CC1(C)c2ccccc2N(c2ccc3c(-c4cccc5ccccc45)c4cc(N5c6ccccc6C(C)(C)c6ccccc65)ccc4c(-c4cccc(-c5cccc6ccccc56)c4)c3c2)c2ccccc21. The Morgan fingerprint density at radius 1 is 0.264 bits per heavy atom. The Morgan fingerprint density at radius 2 is 0.639 bits per heavy atom. The molecule has 14 rings (SSSR count). The molecule has 0 atom stereocenters. The highest BCUT2D eigenvalue weighted by Gasteiger charge is 2.38. The zero-order chi connectivity index (χ0) is 48.3. The zero-order valence-corrected chi connectivity index (χ0v) is 41.0. The van der Waals surface area contributed by atoms with E-state index in [9.17, 15) is 0 Å². The molecule has 0 unspecified atom stereocenters. The molecule has 0 spiro atoms. The smallest absolute Gasteiger partial charge is 0.0502 e. The van der Waals surface area contributed by atoms with Gasteiger partial charge < -0.3 is 9.80 Å². The number of hydrogen-bond acceptors (Lipinski definition) is 2. The van der Waals surface area contributed by atoms with Crippen LogP contribution in [0.15, 0.2) is 243 Å². The van der Waals surface area contributed by atoms with Crippen LogP contribution in [0, 0.1) is 0 Å². The van der Waals surface area contributed by atoms with Crippen molar-refractivity contribution in [3.8, 4) is 33.4 Å². The van der Waals surface area contributed by atoms with E-state index in [4.69, 9.17) is 0 Å². The van der Waals surface area contributed by atoms with E-state index in [2.05, 4.69) is 280 Å². The van der Waals surface area contributed by atoms with E-state index >= 15 is 0 Å². The van der Waals surface area contributed by atoms with Crippen LogP contribution < -0.4 is 9.80 Å². The minimum atomic E-state index is -0.172. The molecular formula is C70H52N2. The summed E-state index contributed by atoms with van der Waals surface area (Å²) in [5, 5.41) is 9.79. The molecule has 12 aromatic carbocycles. The summed E-state index contributed by atoms with van der Waals surface area (Å²) in [6.45, 7) is 9.45. The molecule has 0 bridgehead atoms. The molecule has 342 valence electrons. The van der Waals surface area contributed by atoms with Crippen molar-refractivity contribution in [1.82, 2.24) is 0 Å². The Kier molecular flexibility index (Phi) is 9.32. The monoisotopic (exact) mass is 920 g/mol. The van der Waals surface area contributed by atoms with Gasteiger partial charge in [-0.15, -0.1) is 0 Å². The number of benzene rings is 12. The standard InChI is InChI=1S/C70H52N2/c1-69(2)59-30-9-13-34-63(59)71(64-35-14-10-31-60(64)69)49-39-41-56-57(43-49)67(48-25-17-24-47(42-48)53-28-18-22-45-20-5-7-26-51(45)53)55-40-38-50(44-58(55)68(56)54-29-19-23-46-21-6-8-27-52(46)54)72-65-36-15-11-32-61(65)70(3,4)62-33-12-16-37-66(62)72/h5-44H,1-4H3. The molecule has 2 heterocycles. The molecule has 0 aliphatic carbocycles. The number of anilines is 6. The Morgan fingerprint density at radius 3 is 1.15 bits per heavy atom. The van der Waals surface area contributed by atoms with E-state index in [0.717, 1.165) is 11.4 Å². The molecule has 2 nitrogen and oxygen atoms in total. The molecule has 2 heteroatoms. The maximum absolute atomic E-state index is 2.50. The second-order valence-electron chi connectivity index (χ2n) is 20.8. The molecule has 0 aromatic heterocycles. The average molecular weight is 921 g/mol. The van der Waals surface area contributed by atoms with Gasteiger partial charge in [0.2, 0.25) is 0 Å². The molecule has 0 radical (unpaired) electrons. The largest absolute Gasteiger partial charge is 0.310 e. The van der Waals surface area contributed by atoms with Crippen LogP contribution in [0.25, 0.3) is 76.5 Å². The highest BCUT2D eigenvalue weighted by atomic mass is 15.2. The topological polar surface area (TPSA) is 6.48 Å². The molecule has 72 heavy (non-hydrogen) atoms. The first-order valence-electron chi connectivity index (χ1n) is 25.3. The van der Waals surface area contributed by atoms with Crippen LogP contribution in [-0.2, 0) is 10.8 Å². The van der Waals surface area contributed by atoms with Crippen molar-refractivity contribution in [1.29, 1.82) is 0 Å². The van der Waals surface area contributed by atoms with Gasteiger partial charge in [-0.25, -0.2) is 0 Å². The lowest BCUT2D eigenvalue weighted by Crippen LogP contribution is -2.30. The maximum atomic E-state index is 2.50. The van der Waals surface area contributed by atoms with Crippen molar-refractivity contribution in [3.63, 3.8) is 0 Å². The fourth-order valence-electron chi connectivity index (χ4n) is 12.7. The maximum Gasteiger partial charge on any atom is 0.0502 e. The number of nitrogens with zero attached hydrogens (tertiary/aromatic N) is 2. The third-order valence-corrected chi connectivity index (χ3v) is 16.2. The van der Waals surface area contributed by atoms with Crippen molar-refractivity contribution in [3.05, 3.63) is 265 Å². The lowest BCUT2D eigenvalue weighted by atomic mass is 9.73. The van der Waals surface area contributed by atoms with Gasteiger partial charge in [0.05, 0.1) is 22.7 Å². The van der Waals surface area contributed by atoms with Gasteiger partial charge >= 0.3 is 0 Å². The molecule has 2 aliphatic rings. The number of fused-ring (bicyclic) bond motifs is 8. The van der Waals surface area contributed by atoms with E-state index in [1.807, 2.05) is 0 Å². The van der Waals surface area contributed by atoms with Gasteiger partial charge in [-0.2, -0.15) is 0 Å². The Balaban J connectivity index is 1.11. The number of hydrogen-bond donors (Lipinski definition) is 0. The first-order chi connectivity index (χ1) is 35.3. The van der Waals surface area contributed by atoms with E-state index in [1.54, 1.807) is 0 Å². The molecule has 0 saturated carbocycles. The van der Waals surface area contributed by atoms with Crippen LogP contribution >= 0.6 is 0 Å². The third-order valence-electron chi connectivity index (χ3n) is 16.2. The molecule has 0 saturated heterocycles. The van der Waals surface area contributed by atoms with E-state index in [-0.39, 0.29) is 10.8 Å². The van der Waals surface area contributed by atoms with Gasteiger partial charge in [0, 0.05) is 22.2 Å². The predicted molar refractivity (Wildman–Crippen MR) is 306 cm³/mol. The highest BCUT2D eigenvalue weighted by molar-refractivity contribution is 6.25. The summed E-state index contributed by atoms with van der Waals surface area (Å²) in [6, 6.07) is 90.9. The number of para-hydroxylation sites is 4. The summed E-state index contributed by atoms with van der Waals surface area (Å²) in [6.07, 6.45) is 0. The Labute approximate surface area is 421 Å². The molecule has 0 N–H and O–H groups in total. The van der Waals surface area contributed by atoms with Crippen LogP contribution in [0.5, 0.6) is 0 Å². The second-order valence-corrected chi connectivity index (χ2v) is 20.8. The summed E-state index contributed by atoms with van der Waals surface area (Å²) in [5.41, 5.74) is 19.3. The molecule has 0 fully saturated rings. The van der Waals surface area contributed by atoms with Crippen molar-refractivity contribution in [2.75, 3.05) is 9.80 Å². The summed E-state index contributed by atoms with van der Waals surface area (Å²) in [7, 11) is 0. The number of rotatable bonds is 5. The summed E-state index contributed by atoms with van der Waals surface area (Å²) < 4.78 is 0. The fourth-order valence-corrected chi connectivity index (χ4v) is 12.7. The summed E-state index contributed by atoms with van der Waals surface area (Å²) in [5.74, 6) is 0. The fraction of sp³-hybridized carbons (Fsp3) is 0.0857. The van der Waals surface area contributed by atoms with Gasteiger partial charge in [0.25, 0.3) is 0 Å². The van der Waals surface area contributed by atoms with Crippen molar-refractivity contribution < 1.29 is 0 Å². The van der Waals surface area contributed by atoms with Gasteiger partial charge in [-0.3, -0.25) is 0 Å². The van der Waals surface area contributed by atoms with E-state index in [1.165, 1.54) is 121 Å². The van der Waals surface area contributed by atoms with Gasteiger partial charge in [-0.05, 0) is 153 Å². The van der Waals surface area contributed by atoms with Crippen LogP contribution in [0.3, 0.4) is 0 Å². The Hall–Kier alpha value is -8.72. The predicted octanol–water partition coefficient (Wildman–Crippen LogP) is 19.5. The van der Waals surface area contributed by atoms with E-state index in [0.29, 0.717) is 0 Å². The van der Waals surface area contributed by atoms with Crippen LogP contribution in [0.1, 0.15) is 49.9 Å². The van der Waals surface area contributed by atoms with Crippen LogP contribution in [0.2, 0.25) is 0 Å². The lowest BCUT2D eigenvalue weighted by molar-refractivity contribution is 0.632. The first kappa shape index (κ1) is 42.2. The van der Waals surface area contributed by atoms with Crippen molar-refractivity contribution in [2.24, 2.45) is 0 Å². The van der Waals surface area contributed by atoms with Crippen LogP contribution in [0.4, 0.5) is 34.1 Å².